The Morgan fingerprint density at radius 3 is 2.62 bits per heavy atom. The van der Waals surface area contributed by atoms with Gasteiger partial charge in [-0.05, 0) is 71.4 Å². The topological polar surface area (TPSA) is 66.1 Å². The maximum absolute atomic E-state index is 5.78. The van der Waals surface area contributed by atoms with E-state index in [0.29, 0.717) is 5.92 Å². The lowest BCUT2D eigenvalue weighted by atomic mass is 9.97. The normalized spacial score (nSPS) is 19.0. The van der Waals surface area contributed by atoms with Crippen LogP contribution in [0.2, 0.25) is 0 Å². The molecule has 0 bridgehead atoms. The summed E-state index contributed by atoms with van der Waals surface area (Å²) < 4.78 is 11.5. The third kappa shape index (κ3) is 7.30. The molecule has 29 heavy (non-hydrogen) atoms. The zero-order valence-corrected chi connectivity index (χ0v) is 18.7. The molecule has 2 aliphatic rings. The van der Waals surface area contributed by atoms with Gasteiger partial charge >= 0.3 is 0 Å². The van der Waals surface area contributed by atoms with Crippen molar-refractivity contribution in [1.29, 1.82) is 0 Å². The Labute approximate surface area is 175 Å². The third-order valence-electron chi connectivity index (χ3n) is 5.96. The number of aromatic nitrogens is 1. The zero-order valence-electron chi connectivity index (χ0n) is 18.7. The van der Waals surface area contributed by atoms with Crippen molar-refractivity contribution in [2.45, 2.75) is 53.0 Å². The van der Waals surface area contributed by atoms with Crippen LogP contribution in [-0.2, 0) is 11.3 Å². The molecule has 1 saturated heterocycles. The highest BCUT2D eigenvalue weighted by Gasteiger charge is 2.22. The molecule has 0 amide bonds. The second kappa shape index (κ2) is 11.0. The van der Waals surface area contributed by atoms with Crippen molar-refractivity contribution in [3.8, 4) is 0 Å². The van der Waals surface area contributed by atoms with E-state index in [0.717, 1.165) is 81.7 Å². The van der Waals surface area contributed by atoms with E-state index in [9.17, 15) is 0 Å². The Hall–Kier alpha value is -1.60. The first-order chi connectivity index (χ1) is 14.0. The van der Waals surface area contributed by atoms with Crippen molar-refractivity contribution in [2.24, 2.45) is 16.8 Å². The highest BCUT2D eigenvalue weighted by Crippen LogP contribution is 2.28. The smallest absolute Gasteiger partial charge is 0.208 e. The Morgan fingerprint density at radius 1 is 1.24 bits per heavy atom. The van der Waals surface area contributed by atoms with Gasteiger partial charge in [-0.3, -0.25) is 9.89 Å². The van der Waals surface area contributed by atoms with Crippen LogP contribution in [0, 0.1) is 25.7 Å². The van der Waals surface area contributed by atoms with E-state index in [1.807, 2.05) is 13.8 Å². The molecule has 1 aromatic heterocycles. The van der Waals surface area contributed by atoms with Crippen LogP contribution in [0.1, 0.15) is 50.0 Å². The molecule has 164 valence electrons. The summed E-state index contributed by atoms with van der Waals surface area (Å²) in [6.07, 6.45) is 5.04. The number of hydrogen-bond acceptors (Lipinski definition) is 5. The molecule has 3 rings (SSSR count). The number of hydrogen-bond donors (Lipinski definition) is 1. The van der Waals surface area contributed by atoms with Gasteiger partial charge in [0.1, 0.15) is 5.76 Å². The van der Waals surface area contributed by atoms with E-state index >= 15 is 0 Å². The molecule has 2 heterocycles. The van der Waals surface area contributed by atoms with E-state index in [1.165, 1.54) is 25.7 Å². The maximum Gasteiger partial charge on any atom is 0.208 e. The number of likely N-dealkylation sites (tertiary alicyclic amines) is 1. The van der Waals surface area contributed by atoms with Crippen molar-refractivity contribution < 1.29 is 9.15 Å². The lowest BCUT2D eigenvalue weighted by Gasteiger charge is -2.30. The molecule has 0 spiro atoms. The SMILES string of the molecule is CCNC(=NCC1CCN(Cc2nc(C)c(C)o2)CC1)N(C)CCOCC1CC1. The minimum absolute atomic E-state index is 0.646. The number of ether oxygens (including phenoxy) is 1. The summed E-state index contributed by atoms with van der Waals surface area (Å²) in [5.74, 6) is 4.24. The second-order valence-electron chi connectivity index (χ2n) is 8.60. The summed E-state index contributed by atoms with van der Waals surface area (Å²) >= 11 is 0. The van der Waals surface area contributed by atoms with Crippen LogP contribution < -0.4 is 5.32 Å². The number of rotatable bonds is 10. The molecule has 1 aliphatic carbocycles. The van der Waals surface area contributed by atoms with E-state index < -0.39 is 0 Å². The van der Waals surface area contributed by atoms with Gasteiger partial charge in [0, 0.05) is 33.3 Å². The molecule has 7 nitrogen and oxygen atoms in total. The molecule has 7 heteroatoms. The molecule has 1 saturated carbocycles. The average Bonchev–Trinajstić information content (AvgIpc) is 3.48. The molecule has 1 aromatic rings. The van der Waals surface area contributed by atoms with Gasteiger partial charge in [0.15, 0.2) is 5.96 Å². The van der Waals surface area contributed by atoms with Crippen LogP contribution in [-0.4, -0.2) is 73.7 Å². The highest BCUT2D eigenvalue weighted by atomic mass is 16.5. The number of guanidine groups is 1. The van der Waals surface area contributed by atoms with Gasteiger partial charge in [0.05, 0.1) is 18.8 Å². The number of aryl methyl sites for hydroxylation is 2. The van der Waals surface area contributed by atoms with Crippen LogP contribution in [0.4, 0.5) is 0 Å². The summed E-state index contributed by atoms with van der Waals surface area (Å²) in [5, 5.41) is 3.42. The molecule has 0 aromatic carbocycles. The lowest BCUT2D eigenvalue weighted by molar-refractivity contribution is 0.115. The Kier molecular flexibility index (Phi) is 8.36. The summed E-state index contributed by atoms with van der Waals surface area (Å²) in [6, 6.07) is 0. The van der Waals surface area contributed by atoms with E-state index in [2.05, 4.69) is 34.1 Å². The maximum atomic E-state index is 5.78. The predicted molar refractivity (Wildman–Crippen MR) is 116 cm³/mol. The van der Waals surface area contributed by atoms with Crippen molar-refractivity contribution in [3.05, 3.63) is 17.3 Å². The van der Waals surface area contributed by atoms with Gasteiger partial charge in [0.2, 0.25) is 5.89 Å². The van der Waals surface area contributed by atoms with Crippen molar-refractivity contribution in [3.63, 3.8) is 0 Å². The molecule has 2 fully saturated rings. The number of nitrogens with one attached hydrogen (secondary N) is 1. The Balaban J connectivity index is 1.38. The Morgan fingerprint density at radius 2 is 2.00 bits per heavy atom. The predicted octanol–water partition coefficient (Wildman–Crippen LogP) is 2.83. The Bertz CT molecular complexity index is 628. The van der Waals surface area contributed by atoms with E-state index in [-0.39, 0.29) is 0 Å². The molecule has 1 N–H and O–H groups in total. The van der Waals surface area contributed by atoms with Crippen LogP contribution in [0.3, 0.4) is 0 Å². The molecule has 0 radical (unpaired) electrons. The van der Waals surface area contributed by atoms with Crippen LogP contribution in [0.5, 0.6) is 0 Å². The standard InChI is InChI=1S/C22H39N5O2/c1-5-23-22(26(4)12-13-28-16-20-6-7-20)24-14-19-8-10-27(11-9-19)15-21-25-17(2)18(3)29-21/h19-20H,5-16H2,1-4H3,(H,23,24). The van der Waals surface area contributed by atoms with Crippen LogP contribution in [0.25, 0.3) is 0 Å². The van der Waals surface area contributed by atoms with Gasteiger partial charge in [0.25, 0.3) is 0 Å². The fraction of sp³-hybridized carbons (Fsp3) is 0.818. The summed E-state index contributed by atoms with van der Waals surface area (Å²) in [6.45, 7) is 13.5. The minimum atomic E-state index is 0.646. The second-order valence-corrected chi connectivity index (χ2v) is 8.60. The molecule has 1 aliphatic heterocycles. The van der Waals surface area contributed by atoms with Gasteiger partial charge in [-0.1, -0.05) is 0 Å². The van der Waals surface area contributed by atoms with Gasteiger partial charge in [-0.15, -0.1) is 0 Å². The number of nitrogens with zero attached hydrogens (tertiary/aromatic N) is 4. The van der Waals surface area contributed by atoms with Crippen molar-refractivity contribution in [2.75, 3.05) is 53.0 Å². The third-order valence-corrected chi connectivity index (χ3v) is 5.96. The fourth-order valence-corrected chi connectivity index (χ4v) is 3.65. The van der Waals surface area contributed by atoms with Crippen molar-refractivity contribution in [1.82, 2.24) is 20.1 Å². The first kappa shape index (κ1) is 22.1. The minimum Gasteiger partial charge on any atom is -0.444 e. The monoisotopic (exact) mass is 405 g/mol. The summed E-state index contributed by atoms with van der Waals surface area (Å²) in [7, 11) is 2.10. The number of oxazole rings is 1. The quantitative estimate of drug-likeness (QED) is 0.367. The largest absolute Gasteiger partial charge is 0.444 e. The van der Waals surface area contributed by atoms with Crippen molar-refractivity contribution >= 4 is 5.96 Å². The van der Waals surface area contributed by atoms with E-state index in [1.54, 1.807) is 0 Å². The summed E-state index contributed by atoms with van der Waals surface area (Å²) in [5.41, 5.74) is 1.00. The van der Waals surface area contributed by atoms with E-state index in [4.69, 9.17) is 14.1 Å². The number of aliphatic imine (C=N–C) groups is 1. The molecular weight excluding hydrogens is 366 g/mol. The number of piperidine rings is 1. The van der Waals surface area contributed by atoms with Gasteiger partial charge < -0.3 is 19.4 Å². The first-order valence-corrected chi connectivity index (χ1v) is 11.3. The van der Waals surface area contributed by atoms with Gasteiger partial charge in [-0.25, -0.2) is 4.98 Å². The van der Waals surface area contributed by atoms with Crippen LogP contribution >= 0.6 is 0 Å². The molecule has 0 atom stereocenters. The first-order valence-electron chi connectivity index (χ1n) is 11.3. The molecular formula is C22H39N5O2. The molecule has 0 unspecified atom stereocenters. The number of likely N-dealkylation sites (N-methyl/N-ethyl adjacent to an activating group) is 1. The average molecular weight is 406 g/mol. The fourth-order valence-electron chi connectivity index (χ4n) is 3.65. The highest BCUT2D eigenvalue weighted by molar-refractivity contribution is 5.79. The zero-order chi connectivity index (χ0) is 20.6. The lowest BCUT2D eigenvalue weighted by Crippen LogP contribution is -2.41. The van der Waals surface area contributed by atoms with Crippen LogP contribution in [0.15, 0.2) is 9.41 Å². The summed E-state index contributed by atoms with van der Waals surface area (Å²) in [4.78, 5) is 14.1. The van der Waals surface area contributed by atoms with Gasteiger partial charge in [-0.2, -0.15) is 0 Å².